The van der Waals surface area contributed by atoms with Gasteiger partial charge in [-0.25, -0.2) is 0 Å². The van der Waals surface area contributed by atoms with Gasteiger partial charge in [0.2, 0.25) is 0 Å². The lowest BCUT2D eigenvalue weighted by atomic mass is 10.2. The van der Waals surface area contributed by atoms with Crippen LogP contribution in [-0.4, -0.2) is 35.0 Å². The number of nitrogens with one attached hydrogen (secondary N) is 1. The van der Waals surface area contributed by atoms with E-state index in [0.717, 1.165) is 19.0 Å². The highest BCUT2D eigenvalue weighted by Crippen LogP contribution is 2.46. The Morgan fingerprint density at radius 1 is 1.64 bits per heavy atom. The Kier molecular flexibility index (Phi) is 3.32. The molecule has 0 radical (unpaired) electrons. The zero-order valence-electron chi connectivity index (χ0n) is 8.88. The lowest BCUT2D eigenvalue weighted by Gasteiger charge is -2.20. The minimum absolute atomic E-state index is 0.548. The lowest BCUT2D eigenvalue weighted by molar-refractivity contribution is 0.668. The van der Waals surface area contributed by atoms with E-state index in [1.165, 1.54) is 23.8 Å². The van der Waals surface area contributed by atoms with Crippen LogP contribution in [0.2, 0.25) is 0 Å². The van der Waals surface area contributed by atoms with Crippen LogP contribution >= 0.6 is 23.5 Å². The third-order valence-corrected chi connectivity index (χ3v) is 5.55. The summed E-state index contributed by atoms with van der Waals surface area (Å²) in [5.41, 5.74) is 0. The van der Waals surface area contributed by atoms with E-state index < -0.39 is 0 Å². The fraction of sp³-hybridized carbons (Fsp3) is 0.900. The van der Waals surface area contributed by atoms with Gasteiger partial charge >= 0.3 is 0 Å². The quantitative estimate of drug-likeness (QED) is 0.804. The van der Waals surface area contributed by atoms with Crippen molar-refractivity contribution in [1.82, 2.24) is 5.32 Å². The summed E-state index contributed by atoms with van der Waals surface area (Å²) in [6.45, 7) is 4.37. The number of rotatable bonds is 3. The van der Waals surface area contributed by atoms with Crippen LogP contribution in [0.25, 0.3) is 0 Å². The highest BCUT2D eigenvalue weighted by Gasteiger charge is 2.41. The standard InChI is InChI=1S/C10H18N2S2/c1-8-5-11-9(14-6-8)12-7-10(13-2)3-4-10/h8H,3-7H2,1-2H3,(H,11,12). The lowest BCUT2D eigenvalue weighted by Crippen LogP contribution is -2.32. The Hall–Kier alpha value is 0.170. The summed E-state index contributed by atoms with van der Waals surface area (Å²) in [6, 6.07) is 0. The number of nitrogens with zero attached hydrogens (tertiary/aromatic N) is 1. The van der Waals surface area contributed by atoms with E-state index in [4.69, 9.17) is 0 Å². The van der Waals surface area contributed by atoms with Crippen molar-refractivity contribution in [3.63, 3.8) is 0 Å². The van der Waals surface area contributed by atoms with Crippen molar-refractivity contribution in [2.24, 2.45) is 10.9 Å². The van der Waals surface area contributed by atoms with Crippen LogP contribution < -0.4 is 5.32 Å². The summed E-state index contributed by atoms with van der Waals surface area (Å²) in [4.78, 5) is 4.53. The molecule has 1 fully saturated rings. The molecule has 4 heteroatoms. The first-order valence-electron chi connectivity index (χ1n) is 5.20. The summed E-state index contributed by atoms with van der Waals surface area (Å²) < 4.78 is 0.548. The minimum Gasteiger partial charge on any atom is -0.364 e. The maximum Gasteiger partial charge on any atom is 0.156 e. The predicted molar refractivity (Wildman–Crippen MR) is 67.4 cm³/mol. The smallest absolute Gasteiger partial charge is 0.156 e. The topological polar surface area (TPSA) is 24.4 Å². The highest BCUT2D eigenvalue weighted by atomic mass is 32.2. The van der Waals surface area contributed by atoms with E-state index in [2.05, 4.69) is 23.5 Å². The SMILES string of the molecule is CSC1(CNC2=NCC(C)CS2)CC1. The number of thioether (sulfide) groups is 2. The zero-order chi connectivity index (χ0) is 10.0. The molecule has 14 heavy (non-hydrogen) atoms. The van der Waals surface area contributed by atoms with Crippen molar-refractivity contribution < 1.29 is 0 Å². The molecule has 0 aromatic heterocycles. The van der Waals surface area contributed by atoms with Gasteiger partial charge < -0.3 is 5.32 Å². The van der Waals surface area contributed by atoms with Crippen molar-refractivity contribution in [3.8, 4) is 0 Å². The minimum atomic E-state index is 0.548. The Morgan fingerprint density at radius 2 is 2.43 bits per heavy atom. The van der Waals surface area contributed by atoms with Crippen LogP contribution in [0.15, 0.2) is 4.99 Å². The molecule has 1 atom stereocenters. The van der Waals surface area contributed by atoms with Crippen LogP contribution in [0.3, 0.4) is 0 Å². The van der Waals surface area contributed by atoms with E-state index >= 15 is 0 Å². The van der Waals surface area contributed by atoms with E-state index in [1.54, 1.807) is 0 Å². The van der Waals surface area contributed by atoms with Crippen molar-refractivity contribution in [3.05, 3.63) is 0 Å². The fourth-order valence-corrected chi connectivity index (χ4v) is 3.11. The molecule has 1 unspecified atom stereocenters. The second-order valence-electron chi connectivity index (χ2n) is 4.30. The van der Waals surface area contributed by atoms with Crippen LogP contribution in [0.5, 0.6) is 0 Å². The molecule has 1 aliphatic heterocycles. The van der Waals surface area contributed by atoms with Crippen LogP contribution in [0.4, 0.5) is 0 Å². The molecule has 1 N–H and O–H groups in total. The molecule has 1 saturated carbocycles. The Labute approximate surface area is 94.7 Å². The molecule has 80 valence electrons. The molecule has 2 nitrogen and oxygen atoms in total. The first kappa shape index (κ1) is 10.7. The van der Waals surface area contributed by atoms with Crippen LogP contribution in [0.1, 0.15) is 19.8 Å². The van der Waals surface area contributed by atoms with Crippen LogP contribution in [-0.2, 0) is 0 Å². The number of amidine groups is 1. The van der Waals surface area contributed by atoms with Gasteiger partial charge in [-0.1, -0.05) is 18.7 Å². The Balaban J connectivity index is 1.76. The van der Waals surface area contributed by atoms with Gasteiger partial charge in [0, 0.05) is 23.6 Å². The van der Waals surface area contributed by atoms with E-state index in [1.807, 2.05) is 23.5 Å². The van der Waals surface area contributed by atoms with Gasteiger partial charge in [-0.15, -0.1) is 0 Å². The van der Waals surface area contributed by atoms with Gasteiger partial charge in [-0.05, 0) is 25.0 Å². The molecular weight excluding hydrogens is 212 g/mol. The summed E-state index contributed by atoms with van der Waals surface area (Å²) in [6.07, 6.45) is 4.96. The van der Waals surface area contributed by atoms with Crippen molar-refractivity contribution in [1.29, 1.82) is 0 Å². The molecular formula is C10H18N2S2. The zero-order valence-corrected chi connectivity index (χ0v) is 10.5. The predicted octanol–water partition coefficient (Wildman–Crippen LogP) is 2.21. The van der Waals surface area contributed by atoms with Crippen molar-refractivity contribution in [2.45, 2.75) is 24.5 Å². The average molecular weight is 230 g/mol. The number of hydrogen-bond acceptors (Lipinski definition) is 4. The molecule has 2 rings (SSSR count). The second kappa shape index (κ2) is 4.35. The summed E-state index contributed by atoms with van der Waals surface area (Å²) in [5.74, 6) is 1.97. The fourth-order valence-electron chi connectivity index (χ4n) is 1.49. The molecule has 1 aliphatic carbocycles. The molecule has 1 heterocycles. The van der Waals surface area contributed by atoms with Gasteiger partial charge in [-0.2, -0.15) is 11.8 Å². The van der Waals surface area contributed by atoms with Gasteiger partial charge in [0.05, 0.1) is 0 Å². The number of hydrogen-bond donors (Lipinski definition) is 1. The average Bonchev–Trinajstić information content (AvgIpc) is 2.98. The second-order valence-corrected chi connectivity index (χ2v) is 6.59. The summed E-state index contributed by atoms with van der Waals surface area (Å²) in [7, 11) is 0. The monoisotopic (exact) mass is 230 g/mol. The van der Waals surface area contributed by atoms with Crippen molar-refractivity contribution in [2.75, 3.05) is 25.1 Å². The molecule has 0 bridgehead atoms. The molecule has 0 spiro atoms. The Morgan fingerprint density at radius 3 is 2.93 bits per heavy atom. The third-order valence-electron chi connectivity index (χ3n) is 2.85. The number of aliphatic imine (C=N–C) groups is 1. The van der Waals surface area contributed by atoms with E-state index in [0.29, 0.717) is 4.75 Å². The molecule has 0 aromatic rings. The largest absolute Gasteiger partial charge is 0.364 e. The van der Waals surface area contributed by atoms with Gasteiger partial charge in [-0.3, -0.25) is 4.99 Å². The maximum atomic E-state index is 4.53. The third kappa shape index (κ3) is 2.60. The van der Waals surface area contributed by atoms with Gasteiger partial charge in [0.15, 0.2) is 5.17 Å². The van der Waals surface area contributed by atoms with Gasteiger partial charge in [0.25, 0.3) is 0 Å². The molecule has 0 amide bonds. The first-order chi connectivity index (χ1) is 6.74. The van der Waals surface area contributed by atoms with Crippen molar-refractivity contribution >= 4 is 28.7 Å². The Bertz CT molecular complexity index is 236. The molecule has 2 aliphatic rings. The molecule has 0 saturated heterocycles. The van der Waals surface area contributed by atoms with Gasteiger partial charge in [0.1, 0.15) is 0 Å². The highest BCUT2D eigenvalue weighted by molar-refractivity contribution is 8.13. The summed E-state index contributed by atoms with van der Waals surface area (Å²) in [5, 5.41) is 4.66. The van der Waals surface area contributed by atoms with E-state index in [-0.39, 0.29) is 0 Å². The molecule has 0 aromatic carbocycles. The summed E-state index contributed by atoms with van der Waals surface area (Å²) >= 11 is 3.88. The van der Waals surface area contributed by atoms with Crippen LogP contribution in [0, 0.1) is 5.92 Å². The van der Waals surface area contributed by atoms with E-state index in [9.17, 15) is 0 Å². The normalized spacial score (nSPS) is 29.6. The first-order valence-corrected chi connectivity index (χ1v) is 7.41. The maximum absolute atomic E-state index is 4.53.